The molecule has 3 aromatic rings. The lowest BCUT2D eigenvalue weighted by molar-refractivity contribution is -0.119. The van der Waals surface area contributed by atoms with Crippen molar-refractivity contribution >= 4 is 39.4 Å². The van der Waals surface area contributed by atoms with Gasteiger partial charge in [0.15, 0.2) is 0 Å². The number of hydrazone groups is 1. The fraction of sp³-hybridized carbons (Fsp3) is 0.217. The van der Waals surface area contributed by atoms with E-state index in [1.807, 2.05) is 50.2 Å². The van der Waals surface area contributed by atoms with E-state index in [1.54, 1.807) is 31.3 Å². The zero-order valence-electron chi connectivity index (χ0n) is 18.3. The molecule has 9 heteroatoms. The maximum atomic E-state index is 12.4. The van der Waals surface area contributed by atoms with Gasteiger partial charge in [-0.3, -0.25) is 9.10 Å². The summed E-state index contributed by atoms with van der Waals surface area (Å²) in [6, 6.07) is 16.5. The van der Waals surface area contributed by atoms with Gasteiger partial charge in [0.05, 0.1) is 18.2 Å². The van der Waals surface area contributed by atoms with Crippen molar-refractivity contribution in [3.8, 4) is 5.69 Å². The third-order valence-electron chi connectivity index (χ3n) is 5.02. The predicted octanol–water partition coefficient (Wildman–Crippen LogP) is 3.97. The third-order valence-corrected chi connectivity index (χ3v) is 6.40. The number of nitrogens with zero attached hydrogens (tertiary/aromatic N) is 3. The molecule has 0 atom stereocenters. The largest absolute Gasteiger partial charge is 0.318 e. The van der Waals surface area contributed by atoms with E-state index in [4.69, 9.17) is 11.6 Å². The number of para-hydroxylation sites is 1. The van der Waals surface area contributed by atoms with Crippen LogP contribution in [-0.2, 0) is 14.8 Å². The number of rotatable bonds is 7. The minimum absolute atomic E-state index is 0.370. The molecule has 1 aromatic heterocycles. The first kappa shape index (κ1) is 23.6. The van der Waals surface area contributed by atoms with Crippen molar-refractivity contribution in [1.82, 2.24) is 9.99 Å². The van der Waals surface area contributed by atoms with Gasteiger partial charge in [0.25, 0.3) is 5.91 Å². The Morgan fingerprint density at radius 3 is 2.41 bits per heavy atom. The normalized spacial score (nSPS) is 11.7. The fourth-order valence-corrected chi connectivity index (χ4v) is 4.51. The van der Waals surface area contributed by atoms with Crippen LogP contribution in [0, 0.1) is 20.8 Å². The Kier molecular flexibility index (Phi) is 7.06. The highest BCUT2D eigenvalue weighted by Gasteiger charge is 2.22. The summed E-state index contributed by atoms with van der Waals surface area (Å²) in [6.07, 6.45) is 2.62. The zero-order valence-corrected chi connectivity index (χ0v) is 19.9. The van der Waals surface area contributed by atoms with Crippen molar-refractivity contribution in [2.45, 2.75) is 20.8 Å². The van der Waals surface area contributed by atoms with E-state index in [0.29, 0.717) is 10.7 Å². The van der Waals surface area contributed by atoms with E-state index < -0.39 is 15.9 Å². The number of carbonyl (C=O) groups excluding carboxylic acids is 1. The van der Waals surface area contributed by atoms with Crippen LogP contribution in [0.1, 0.15) is 22.5 Å². The molecule has 0 saturated heterocycles. The van der Waals surface area contributed by atoms with Crippen molar-refractivity contribution < 1.29 is 13.2 Å². The minimum atomic E-state index is -3.65. The van der Waals surface area contributed by atoms with Crippen LogP contribution >= 0.6 is 11.6 Å². The van der Waals surface area contributed by atoms with Crippen molar-refractivity contribution in [3.05, 3.63) is 82.1 Å². The lowest BCUT2D eigenvalue weighted by Crippen LogP contribution is -2.39. The van der Waals surface area contributed by atoms with Crippen molar-refractivity contribution in [2.75, 3.05) is 17.1 Å². The van der Waals surface area contributed by atoms with E-state index in [1.165, 1.54) is 0 Å². The van der Waals surface area contributed by atoms with Gasteiger partial charge in [-0.25, -0.2) is 13.8 Å². The van der Waals surface area contributed by atoms with Gasteiger partial charge in [0, 0.05) is 27.7 Å². The standard InChI is InChI=1S/C23H25ClN4O3S/c1-16-7-5-6-8-22(16)27(32(4,30)31)15-23(29)26-25-14-19-13-17(2)28(18(19)3)21-11-9-20(24)10-12-21/h5-14H,15H2,1-4H3,(H,26,29)/b25-14-. The third kappa shape index (κ3) is 5.38. The highest BCUT2D eigenvalue weighted by atomic mass is 35.5. The number of anilines is 1. The highest BCUT2D eigenvalue weighted by Crippen LogP contribution is 2.22. The molecule has 32 heavy (non-hydrogen) atoms. The maximum Gasteiger partial charge on any atom is 0.260 e. The summed E-state index contributed by atoms with van der Waals surface area (Å²) in [6.45, 7) is 5.35. The van der Waals surface area contributed by atoms with Crippen LogP contribution < -0.4 is 9.73 Å². The summed E-state index contributed by atoms with van der Waals surface area (Å²) in [4.78, 5) is 12.4. The topological polar surface area (TPSA) is 83.8 Å². The summed E-state index contributed by atoms with van der Waals surface area (Å²) in [5, 5.41) is 4.70. The average molecular weight is 473 g/mol. The molecule has 0 bridgehead atoms. The fourth-order valence-electron chi connectivity index (χ4n) is 3.47. The molecule has 1 N–H and O–H groups in total. The molecule has 168 valence electrons. The number of benzene rings is 2. The lowest BCUT2D eigenvalue weighted by atomic mass is 10.2. The van der Waals surface area contributed by atoms with E-state index in [0.717, 1.165) is 38.8 Å². The lowest BCUT2D eigenvalue weighted by Gasteiger charge is -2.23. The number of carbonyl (C=O) groups is 1. The van der Waals surface area contributed by atoms with Crippen molar-refractivity contribution in [3.63, 3.8) is 0 Å². The maximum absolute atomic E-state index is 12.4. The Morgan fingerprint density at radius 2 is 1.78 bits per heavy atom. The van der Waals surface area contributed by atoms with Crippen LogP contribution in [0.5, 0.6) is 0 Å². The number of aromatic nitrogens is 1. The van der Waals surface area contributed by atoms with Gasteiger partial charge in [-0.05, 0) is 62.7 Å². The van der Waals surface area contributed by atoms with Crippen molar-refractivity contribution in [1.29, 1.82) is 0 Å². The van der Waals surface area contributed by atoms with Gasteiger partial charge < -0.3 is 4.57 Å². The Hall–Kier alpha value is -3.10. The van der Waals surface area contributed by atoms with Gasteiger partial charge in [0.2, 0.25) is 10.0 Å². The van der Waals surface area contributed by atoms with Crippen LogP contribution in [-0.4, -0.2) is 37.9 Å². The molecule has 1 heterocycles. The number of nitrogens with one attached hydrogen (secondary N) is 1. The smallest absolute Gasteiger partial charge is 0.260 e. The predicted molar refractivity (Wildman–Crippen MR) is 129 cm³/mol. The van der Waals surface area contributed by atoms with Crippen LogP contribution in [0.25, 0.3) is 5.69 Å². The van der Waals surface area contributed by atoms with Gasteiger partial charge >= 0.3 is 0 Å². The molecular formula is C23H25ClN4O3S. The number of sulfonamides is 1. The van der Waals surface area contributed by atoms with Gasteiger partial charge in [-0.2, -0.15) is 5.10 Å². The monoisotopic (exact) mass is 472 g/mol. The highest BCUT2D eigenvalue weighted by molar-refractivity contribution is 7.92. The second-order valence-electron chi connectivity index (χ2n) is 7.49. The summed E-state index contributed by atoms with van der Waals surface area (Å²) in [7, 11) is -3.65. The Morgan fingerprint density at radius 1 is 1.12 bits per heavy atom. The Bertz CT molecular complexity index is 1260. The Labute approximate surface area is 193 Å². The molecule has 0 aliphatic rings. The van der Waals surface area contributed by atoms with Crippen LogP contribution in [0.2, 0.25) is 5.02 Å². The van der Waals surface area contributed by atoms with Crippen LogP contribution in [0.15, 0.2) is 59.7 Å². The van der Waals surface area contributed by atoms with E-state index in [-0.39, 0.29) is 6.54 Å². The number of hydrogen-bond donors (Lipinski definition) is 1. The molecule has 2 aromatic carbocycles. The number of halogens is 1. The molecule has 1 amide bonds. The summed E-state index contributed by atoms with van der Waals surface area (Å²) < 4.78 is 27.6. The first-order valence-corrected chi connectivity index (χ1v) is 12.1. The van der Waals surface area contributed by atoms with Gasteiger partial charge in [-0.15, -0.1) is 0 Å². The van der Waals surface area contributed by atoms with E-state index in [9.17, 15) is 13.2 Å². The van der Waals surface area contributed by atoms with Crippen molar-refractivity contribution in [2.24, 2.45) is 5.10 Å². The van der Waals surface area contributed by atoms with Crippen LogP contribution in [0.4, 0.5) is 5.69 Å². The van der Waals surface area contributed by atoms with Gasteiger partial charge in [-0.1, -0.05) is 29.8 Å². The second kappa shape index (κ2) is 9.58. The average Bonchev–Trinajstić information content (AvgIpc) is 3.00. The minimum Gasteiger partial charge on any atom is -0.318 e. The van der Waals surface area contributed by atoms with E-state index in [2.05, 4.69) is 15.1 Å². The number of aryl methyl sites for hydroxylation is 2. The first-order valence-electron chi connectivity index (χ1n) is 9.88. The molecule has 0 aliphatic heterocycles. The van der Waals surface area contributed by atoms with E-state index >= 15 is 0 Å². The summed E-state index contributed by atoms with van der Waals surface area (Å²) in [5.74, 6) is -0.540. The quantitative estimate of drug-likeness (QED) is 0.417. The number of amides is 1. The molecule has 0 saturated carbocycles. The molecule has 0 aliphatic carbocycles. The first-order chi connectivity index (χ1) is 15.1. The molecule has 0 radical (unpaired) electrons. The molecule has 0 unspecified atom stereocenters. The molecule has 0 fully saturated rings. The second-order valence-corrected chi connectivity index (χ2v) is 9.83. The molecule has 0 spiro atoms. The van der Waals surface area contributed by atoms with Gasteiger partial charge in [0.1, 0.15) is 6.54 Å². The molecular weight excluding hydrogens is 448 g/mol. The SMILES string of the molecule is Cc1ccccc1N(CC(=O)N/N=C\c1cc(C)n(-c2ccc(Cl)cc2)c1C)S(C)(=O)=O. The number of hydrogen-bond acceptors (Lipinski definition) is 4. The summed E-state index contributed by atoms with van der Waals surface area (Å²) >= 11 is 5.98. The zero-order chi connectivity index (χ0) is 23.5. The Balaban J connectivity index is 1.74. The molecule has 3 rings (SSSR count). The summed E-state index contributed by atoms with van der Waals surface area (Å²) in [5.41, 5.74) is 7.38. The molecule has 7 nitrogen and oxygen atoms in total. The van der Waals surface area contributed by atoms with Crippen LogP contribution in [0.3, 0.4) is 0 Å².